The van der Waals surface area contributed by atoms with E-state index >= 15 is 0 Å². The van der Waals surface area contributed by atoms with Gasteiger partial charge in [-0.05, 0) is 69.2 Å². The van der Waals surface area contributed by atoms with Gasteiger partial charge < -0.3 is 20.1 Å². The minimum absolute atomic E-state index is 0.267. The van der Waals surface area contributed by atoms with Crippen LogP contribution in [0.1, 0.15) is 51.0 Å². The number of carbonyl (C=O) groups is 3. The van der Waals surface area contributed by atoms with Crippen molar-refractivity contribution in [1.82, 2.24) is 20.4 Å². The number of urea groups is 1. The molecule has 192 valence electrons. The first-order chi connectivity index (χ1) is 16.9. The monoisotopic (exact) mass is 486 g/mol. The van der Waals surface area contributed by atoms with Crippen LogP contribution < -0.4 is 15.4 Å². The Bertz CT molecular complexity index is 909. The van der Waals surface area contributed by atoms with E-state index in [1.54, 1.807) is 0 Å². The van der Waals surface area contributed by atoms with Gasteiger partial charge in [0.25, 0.3) is 5.91 Å². The second-order valence-electron chi connectivity index (χ2n) is 10.2. The fourth-order valence-corrected chi connectivity index (χ4v) is 5.17. The lowest BCUT2D eigenvalue weighted by molar-refractivity contribution is -0.136. The molecule has 3 fully saturated rings. The van der Waals surface area contributed by atoms with Gasteiger partial charge in [0.05, 0.1) is 0 Å². The highest BCUT2D eigenvalue weighted by Crippen LogP contribution is 2.36. The topological polar surface area (TPSA) is 100 Å². The minimum atomic E-state index is -0.825. The number of imide groups is 1. The molecule has 0 aromatic heterocycles. The van der Waals surface area contributed by atoms with Crippen LogP contribution in [-0.2, 0) is 20.9 Å². The van der Waals surface area contributed by atoms with Crippen molar-refractivity contribution in [3.05, 3.63) is 29.8 Å². The Balaban J connectivity index is 1.21. The molecule has 1 aromatic rings. The number of likely N-dealkylation sites (N-methyl/N-ethyl adjacent to an activating group) is 1. The van der Waals surface area contributed by atoms with E-state index in [9.17, 15) is 14.4 Å². The Hall–Kier alpha value is -2.65. The average Bonchev–Trinajstić information content (AvgIpc) is 3.09. The molecule has 4 amide bonds. The zero-order valence-electron chi connectivity index (χ0n) is 20.9. The van der Waals surface area contributed by atoms with Gasteiger partial charge in [0, 0.05) is 32.3 Å². The first-order valence-corrected chi connectivity index (χ1v) is 12.8. The van der Waals surface area contributed by atoms with Crippen molar-refractivity contribution < 1.29 is 23.9 Å². The van der Waals surface area contributed by atoms with Gasteiger partial charge in [0.15, 0.2) is 0 Å². The second-order valence-corrected chi connectivity index (χ2v) is 10.2. The van der Waals surface area contributed by atoms with Crippen LogP contribution in [0.3, 0.4) is 0 Å². The first kappa shape index (κ1) is 25.4. The van der Waals surface area contributed by atoms with Crippen molar-refractivity contribution in [2.24, 2.45) is 5.92 Å². The normalized spacial score (nSPS) is 25.2. The molecule has 0 bridgehead atoms. The molecule has 4 rings (SSSR count). The molecule has 1 saturated carbocycles. The number of benzene rings is 1. The summed E-state index contributed by atoms with van der Waals surface area (Å²) >= 11 is 0. The molecular weight excluding hydrogens is 448 g/mol. The summed E-state index contributed by atoms with van der Waals surface area (Å²) < 4.78 is 11.4. The summed E-state index contributed by atoms with van der Waals surface area (Å²) in [6.45, 7) is 5.24. The van der Waals surface area contributed by atoms with Crippen LogP contribution in [0.2, 0.25) is 0 Å². The lowest BCUT2D eigenvalue weighted by Crippen LogP contribution is -2.49. The number of nitrogens with one attached hydrogen (secondary N) is 2. The van der Waals surface area contributed by atoms with Crippen LogP contribution >= 0.6 is 0 Å². The summed E-state index contributed by atoms with van der Waals surface area (Å²) in [4.78, 5) is 41.3. The Morgan fingerprint density at radius 3 is 2.71 bits per heavy atom. The van der Waals surface area contributed by atoms with E-state index in [1.807, 2.05) is 24.3 Å². The summed E-state index contributed by atoms with van der Waals surface area (Å²) in [5, 5.41) is 5.68. The van der Waals surface area contributed by atoms with Crippen molar-refractivity contribution in [2.75, 3.05) is 40.0 Å². The molecule has 0 atom stereocenters. The predicted octanol–water partition coefficient (Wildman–Crippen LogP) is 2.29. The third kappa shape index (κ3) is 6.32. The Kier molecular flexibility index (Phi) is 8.28. The zero-order chi connectivity index (χ0) is 24.8. The smallest absolute Gasteiger partial charge is 0.325 e. The number of ether oxygens (including phenoxy) is 2. The van der Waals surface area contributed by atoms with Gasteiger partial charge >= 0.3 is 6.03 Å². The van der Waals surface area contributed by atoms with Crippen LogP contribution in [0, 0.1) is 5.92 Å². The molecule has 2 heterocycles. The van der Waals surface area contributed by atoms with Gasteiger partial charge in [0.1, 0.15) is 24.4 Å². The Labute approximate surface area is 207 Å². The van der Waals surface area contributed by atoms with E-state index in [2.05, 4.69) is 29.5 Å². The number of carbonyl (C=O) groups excluding carboxylic acids is 3. The number of rotatable bonds is 9. The van der Waals surface area contributed by atoms with Gasteiger partial charge in [0.2, 0.25) is 5.91 Å². The summed E-state index contributed by atoms with van der Waals surface area (Å²) in [6, 6.07) is 7.67. The van der Waals surface area contributed by atoms with Crippen molar-refractivity contribution in [1.29, 1.82) is 0 Å². The fourth-order valence-electron chi connectivity index (χ4n) is 5.17. The third-order valence-electron chi connectivity index (χ3n) is 7.59. The van der Waals surface area contributed by atoms with Gasteiger partial charge in [-0.1, -0.05) is 19.1 Å². The molecule has 1 spiro atoms. The molecule has 0 radical (unpaired) electrons. The highest BCUT2D eigenvalue weighted by Gasteiger charge is 2.52. The minimum Gasteiger partial charge on any atom is -0.492 e. The summed E-state index contributed by atoms with van der Waals surface area (Å²) in [5.74, 6) is 0.666. The summed E-state index contributed by atoms with van der Waals surface area (Å²) in [5.41, 5.74) is 0.0672. The van der Waals surface area contributed by atoms with Crippen LogP contribution in [0.15, 0.2) is 24.3 Å². The maximum Gasteiger partial charge on any atom is 0.325 e. The SMILES string of the molecule is CC1CCC2(CC1)NC(=O)N(CC(=O)NCc1cccc(OCCN(C)C3CCOCC3)c1)C2=O. The van der Waals surface area contributed by atoms with E-state index in [1.165, 1.54) is 0 Å². The molecule has 2 aliphatic heterocycles. The van der Waals surface area contributed by atoms with Crippen LogP contribution in [0.4, 0.5) is 4.79 Å². The molecule has 9 nitrogen and oxygen atoms in total. The van der Waals surface area contributed by atoms with E-state index in [-0.39, 0.29) is 18.4 Å². The fraction of sp³-hybridized carbons (Fsp3) is 0.654. The standard InChI is InChI=1S/C26H38N4O5/c1-19-6-10-26(11-7-19)24(32)30(25(33)28-26)18-23(31)27-17-20-4-3-5-22(16-20)35-15-12-29(2)21-8-13-34-14-9-21/h3-5,16,19,21H,6-15,17-18H2,1-2H3,(H,27,31)(H,28,33). The molecule has 1 aromatic carbocycles. The average molecular weight is 487 g/mol. The van der Waals surface area contributed by atoms with Crippen LogP contribution in [-0.4, -0.2) is 79.2 Å². The molecule has 0 unspecified atom stereocenters. The number of hydrogen-bond acceptors (Lipinski definition) is 6. The number of amides is 4. The predicted molar refractivity (Wildman–Crippen MR) is 131 cm³/mol. The number of hydrogen-bond donors (Lipinski definition) is 2. The summed E-state index contributed by atoms with van der Waals surface area (Å²) in [7, 11) is 2.12. The Morgan fingerprint density at radius 2 is 1.97 bits per heavy atom. The maximum atomic E-state index is 12.9. The van der Waals surface area contributed by atoms with Crippen LogP contribution in [0.5, 0.6) is 5.75 Å². The largest absolute Gasteiger partial charge is 0.492 e. The maximum absolute atomic E-state index is 12.9. The lowest BCUT2D eigenvalue weighted by atomic mass is 9.77. The van der Waals surface area contributed by atoms with Crippen LogP contribution in [0.25, 0.3) is 0 Å². The summed E-state index contributed by atoms with van der Waals surface area (Å²) in [6.07, 6.45) is 5.17. The second kappa shape index (κ2) is 11.4. The molecule has 35 heavy (non-hydrogen) atoms. The zero-order valence-corrected chi connectivity index (χ0v) is 20.9. The van der Waals surface area contributed by atoms with Gasteiger partial charge in [-0.25, -0.2) is 4.79 Å². The molecule has 9 heteroatoms. The molecular formula is C26H38N4O5. The van der Waals surface area contributed by atoms with Gasteiger partial charge in [-0.15, -0.1) is 0 Å². The van der Waals surface area contributed by atoms with Gasteiger partial charge in [-0.2, -0.15) is 0 Å². The van der Waals surface area contributed by atoms with Crippen molar-refractivity contribution >= 4 is 17.8 Å². The first-order valence-electron chi connectivity index (χ1n) is 12.8. The Morgan fingerprint density at radius 1 is 1.23 bits per heavy atom. The van der Waals surface area contributed by atoms with Crippen molar-refractivity contribution in [3.8, 4) is 5.75 Å². The quantitative estimate of drug-likeness (QED) is 0.520. The molecule has 3 aliphatic rings. The third-order valence-corrected chi connectivity index (χ3v) is 7.59. The van der Waals surface area contributed by atoms with Crippen molar-refractivity contribution in [3.63, 3.8) is 0 Å². The molecule has 2 saturated heterocycles. The van der Waals surface area contributed by atoms with E-state index in [4.69, 9.17) is 9.47 Å². The van der Waals surface area contributed by atoms with Gasteiger partial charge in [-0.3, -0.25) is 19.4 Å². The number of nitrogens with zero attached hydrogens (tertiary/aromatic N) is 2. The van der Waals surface area contributed by atoms with E-state index in [0.717, 1.165) is 61.7 Å². The van der Waals surface area contributed by atoms with E-state index in [0.29, 0.717) is 38.0 Å². The molecule has 2 N–H and O–H groups in total. The lowest BCUT2D eigenvalue weighted by Gasteiger charge is -2.33. The highest BCUT2D eigenvalue weighted by molar-refractivity contribution is 6.09. The van der Waals surface area contributed by atoms with Crippen molar-refractivity contribution in [2.45, 2.75) is 63.6 Å². The van der Waals surface area contributed by atoms with E-state index < -0.39 is 11.6 Å². The molecule has 1 aliphatic carbocycles. The highest BCUT2D eigenvalue weighted by atomic mass is 16.5.